The highest BCUT2D eigenvalue weighted by molar-refractivity contribution is 5.79. The van der Waals surface area contributed by atoms with E-state index in [2.05, 4.69) is 15.2 Å². The standard InChI is InChI=1S/C22H34N4O3/c1-17(2)29-16-21(27)25-12-8-20(9-13-25)26-11-5-6-18(15-26)22(28)24-14-19-7-3-4-10-23-19/h3-4,7,10,17-18,20H,5-6,8-9,11-16H2,1-2H3,(H,24,28)/t18-/m0/s1. The van der Waals surface area contributed by atoms with Crippen LogP contribution in [0.4, 0.5) is 0 Å². The summed E-state index contributed by atoms with van der Waals surface area (Å²) in [5, 5.41) is 3.04. The summed E-state index contributed by atoms with van der Waals surface area (Å²) in [6.45, 7) is 7.94. The van der Waals surface area contributed by atoms with Crippen LogP contribution in [-0.4, -0.2) is 71.5 Å². The fraction of sp³-hybridized carbons (Fsp3) is 0.682. The Bertz CT molecular complexity index is 659. The van der Waals surface area contributed by atoms with E-state index >= 15 is 0 Å². The maximum absolute atomic E-state index is 12.6. The van der Waals surface area contributed by atoms with Gasteiger partial charge < -0.3 is 15.0 Å². The molecule has 1 N–H and O–H groups in total. The summed E-state index contributed by atoms with van der Waals surface area (Å²) < 4.78 is 5.44. The molecule has 29 heavy (non-hydrogen) atoms. The second-order valence-corrected chi connectivity index (χ2v) is 8.34. The molecule has 0 aromatic carbocycles. The molecule has 7 nitrogen and oxygen atoms in total. The number of hydrogen-bond acceptors (Lipinski definition) is 5. The Hall–Kier alpha value is -1.99. The second kappa shape index (κ2) is 10.7. The van der Waals surface area contributed by atoms with Crippen LogP contribution >= 0.6 is 0 Å². The number of ether oxygens (including phenoxy) is 1. The lowest BCUT2D eigenvalue weighted by molar-refractivity contribution is -0.139. The van der Waals surface area contributed by atoms with E-state index in [0.29, 0.717) is 12.6 Å². The van der Waals surface area contributed by atoms with Gasteiger partial charge in [0.25, 0.3) is 0 Å². The van der Waals surface area contributed by atoms with Crippen LogP contribution in [0.5, 0.6) is 0 Å². The number of carbonyl (C=O) groups excluding carboxylic acids is 2. The van der Waals surface area contributed by atoms with E-state index in [0.717, 1.165) is 57.6 Å². The lowest BCUT2D eigenvalue weighted by Crippen LogP contribution is -2.52. The molecule has 0 unspecified atom stereocenters. The highest BCUT2D eigenvalue weighted by Crippen LogP contribution is 2.24. The summed E-state index contributed by atoms with van der Waals surface area (Å²) in [5.74, 6) is 0.243. The van der Waals surface area contributed by atoms with Crippen molar-refractivity contribution < 1.29 is 14.3 Å². The molecular weight excluding hydrogens is 368 g/mol. The van der Waals surface area contributed by atoms with E-state index in [4.69, 9.17) is 4.74 Å². The van der Waals surface area contributed by atoms with Crippen LogP contribution in [0.1, 0.15) is 45.2 Å². The van der Waals surface area contributed by atoms with E-state index in [1.807, 2.05) is 36.9 Å². The minimum absolute atomic E-state index is 0.0339. The van der Waals surface area contributed by atoms with Gasteiger partial charge in [0.1, 0.15) is 6.61 Å². The molecule has 160 valence electrons. The van der Waals surface area contributed by atoms with Crippen molar-refractivity contribution in [1.82, 2.24) is 20.1 Å². The van der Waals surface area contributed by atoms with Crippen LogP contribution in [0.3, 0.4) is 0 Å². The molecule has 2 aliphatic heterocycles. The molecule has 2 aliphatic rings. The number of carbonyl (C=O) groups is 2. The predicted molar refractivity (Wildman–Crippen MR) is 111 cm³/mol. The van der Waals surface area contributed by atoms with Gasteiger partial charge in [-0.05, 0) is 58.2 Å². The lowest BCUT2D eigenvalue weighted by atomic mass is 9.93. The predicted octanol–water partition coefficient (Wildman–Crippen LogP) is 1.83. The first-order valence-corrected chi connectivity index (χ1v) is 10.8. The van der Waals surface area contributed by atoms with E-state index in [-0.39, 0.29) is 30.4 Å². The summed E-state index contributed by atoms with van der Waals surface area (Å²) in [6, 6.07) is 6.19. The highest BCUT2D eigenvalue weighted by atomic mass is 16.5. The maximum Gasteiger partial charge on any atom is 0.248 e. The van der Waals surface area contributed by atoms with Gasteiger partial charge in [0.2, 0.25) is 11.8 Å². The van der Waals surface area contributed by atoms with Crippen LogP contribution in [0, 0.1) is 5.92 Å². The number of likely N-dealkylation sites (tertiary alicyclic amines) is 2. The van der Waals surface area contributed by atoms with Gasteiger partial charge in [0.15, 0.2) is 0 Å². The largest absolute Gasteiger partial charge is 0.369 e. The highest BCUT2D eigenvalue weighted by Gasteiger charge is 2.32. The van der Waals surface area contributed by atoms with Gasteiger partial charge in [-0.15, -0.1) is 0 Å². The topological polar surface area (TPSA) is 74.8 Å². The van der Waals surface area contributed by atoms with Crippen molar-refractivity contribution in [2.24, 2.45) is 5.92 Å². The molecule has 1 aromatic rings. The molecule has 0 spiro atoms. The zero-order valence-corrected chi connectivity index (χ0v) is 17.7. The van der Waals surface area contributed by atoms with Crippen molar-refractivity contribution >= 4 is 11.8 Å². The third kappa shape index (κ3) is 6.51. The monoisotopic (exact) mass is 402 g/mol. The SMILES string of the molecule is CC(C)OCC(=O)N1CCC(N2CCC[C@H](C(=O)NCc3ccccn3)C2)CC1. The minimum atomic E-state index is 0.0339. The van der Waals surface area contributed by atoms with Crippen molar-refractivity contribution in [1.29, 1.82) is 0 Å². The second-order valence-electron chi connectivity index (χ2n) is 8.34. The van der Waals surface area contributed by atoms with Gasteiger partial charge in [0, 0.05) is 31.9 Å². The molecule has 3 heterocycles. The summed E-state index contributed by atoms with van der Waals surface area (Å²) in [5.41, 5.74) is 0.881. The molecule has 0 bridgehead atoms. The Kier molecular flexibility index (Phi) is 8.00. The van der Waals surface area contributed by atoms with E-state index in [9.17, 15) is 9.59 Å². The Morgan fingerprint density at radius 1 is 1.21 bits per heavy atom. The van der Waals surface area contributed by atoms with E-state index in [1.54, 1.807) is 6.20 Å². The number of hydrogen-bond donors (Lipinski definition) is 1. The van der Waals surface area contributed by atoms with Gasteiger partial charge in [-0.2, -0.15) is 0 Å². The Labute approximate surface area is 173 Å². The molecular formula is C22H34N4O3. The Balaban J connectivity index is 1.42. The normalized spacial score (nSPS) is 21.3. The van der Waals surface area contributed by atoms with E-state index < -0.39 is 0 Å². The average molecular weight is 403 g/mol. The molecule has 1 atom stereocenters. The first-order chi connectivity index (χ1) is 14.0. The quantitative estimate of drug-likeness (QED) is 0.753. The molecule has 0 saturated carbocycles. The van der Waals surface area contributed by atoms with Crippen molar-refractivity contribution in [2.75, 3.05) is 32.8 Å². The van der Waals surface area contributed by atoms with Crippen LogP contribution in [-0.2, 0) is 20.9 Å². The molecule has 7 heteroatoms. The van der Waals surface area contributed by atoms with Gasteiger partial charge >= 0.3 is 0 Å². The summed E-state index contributed by atoms with van der Waals surface area (Å²) >= 11 is 0. The average Bonchev–Trinajstić information content (AvgIpc) is 2.76. The molecule has 2 amide bonds. The van der Waals surface area contributed by atoms with Crippen molar-refractivity contribution in [3.63, 3.8) is 0 Å². The third-order valence-corrected chi connectivity index (χ3v) is 5.87. The maximum atomic E-state index is 12.6. The van der Waals surface area contributed by atoms with Gasteiger partial charge in [-0.25, -0.2) is 0 Å². The van der Waals surface area contributed by atoms with Crippen LogP contribution in [0.25, 0.3) is 0 Å². The number of nitrogens with zero attached hydrogens (tertiary/aromatic N) is 3. The smallest absolute Gasteiger partial charge is 0.248 e. The van der Waals surface area contributed by atoms with Crippen molar-refractivity contribution in [2.45, 2.75) is 58.2 Å². The Morgan fingerprint density at radius 3 is 2.69 bits per heavy atom. The molecule has 0 radical (unpaired) electrons. The summed E-state index contributed by atoms with van der Waals surface area (Å²) in [6.07, 6.45) is 5.74. The molecule has 1 aromatic heterocycles. The van der Waals surface area contributed by atoms with E-state index in [1.165, 1.54) is 0 Å². The number of rotatable bonds is 7. The van der Waals surface area contributed by atoms with Crippen molar-refractivity contribution in [3.8, 4) is 0 Å². The van der Waals surface area contributed by atoms with Crippen LogP contribution in [0.2, 0.25) is 0 Å². The number of amides is 2. The zero-order valence-electron chi connectivity index (χ0n) is 17.7. The first kappa shape index (κ1) is 21.7. The fourth-order valence-corrected chi connectivity index (χ4v) is 4.19. The van der Waals surface area contributed by atoms with Crippen molar-refractivity contribution in [3.05, 3.63) is 30.1 Å². The lowest BCUT2D eigenvalue weighted by Gasteiger charge is -2.42. The third-order valence-electron chi connectivity index (χ3n) is 5.87. The minimum Gasteiger partial charge on any atom is -0.369 e. The van der Waals surface area contributed by atoms with Crippen LogP contribution in [0.15, 0.2) is 24.4 Å². The molecule has 2 saturated heterocycles. The van der Waals surface area contributed by atoms with Crippen LogP contribution < -0.4 is 5.32 Å². The first-order valence-electron chi connectivity index (χ1n) is 10.8. The number of piperidine rings is 2. The Morgan fingerprint density at radius 2 is 2.00 bits per heavy atom. The van der Waals surface area contributed by atoms with Gasteiger partial charge in [-0.1, -0.05) is 6.07 Å². The molecule has 3 rings (SSSR count). The summed E-state index contributed by atoms with van der Waals surface area (Å²) in [7, 11) is 0. The number of pyridine rings is 1. The number of nitrogens with one attached hydrogen (secondary N) is 1. The fourth-order valence-electron chi connectivity index (χ4n) is 4.19. The van der Waals surface area contributed by atoms with Gasteiger partial charge in [-0.3, -0.25) is 19.5 Å². The zero-order chi connectivity index (χ0) is 20.6. The molecule has 0 aliphatic carbocycles. The number of aromatic nitrogens is 1. The molecule has 2 fully saturated rings. The van der Waals surface area contributed by atoms with Gasteiger partial charge in [0.05, 0.1) is 24.3 Å². The summed E-state index contributed by atoms with van der Waals surface area (Å²) in [4.78, 5) is 33.5.